The van der Waals surface area contributed by atoms with Crippen LogP contribution >= 0.6 is 11.8 Å². The van der Waals surface area contributed by atoms with E-state index in [1.54, 1.807) is 23.9 Å². The summed E-state index contributed by atoms with van der Waals surface area (Å²) < 4.78 is 27.5. The second-order valence-electron chi connectivity index (χ2n) is 5.03. The summed E-state index contributed by atoms with van der Waals surface area (Å²) in [4.78, 5) is 0.328. The summed E-state index contributed by atoms with van der Waals surface area (Å²) in [6.45, 7) is 6.99. The predicted octanol–water partition coefficient (Wildman–Crippen LogP) is 2.78. The fourth-order valence-electron chi connectivity index (χ4n) is 2.08. The largest absolute Gasteiger partial charge is 0.310 e. The zero-order valence-corrected chi connectivity index (χ0v) is 14.9. The third-order valence-corrected chi connectivity index (χ3v) is 5.66. The second-order valence-corrected chi connectivity index (χ2v) is 7.65. The Balaban J connectivity index is 2.84. The smallest absolute Gasteiger partial charge is 0.240 e. The average molecular weight is 331 g/mol. The van der Waals surface area contributed by atoms with Gasteiger partial charge >= 0.3 is 0 Å². The van der Waals surface area contributed by atoms with E-state index in [4.69, 9.17) is 0 Å². The lowest BCUT2D eigenvalue weighted by atomic mass is 10.1. The van der Waals surface area contributed by atoms with Crippen molar-refractivity contribution in [3.05, 3.63) is 29.8 Å². The summed E-state index contributed by atoms with van der Waals surface area (Å²) >= 11 is 1.65. The third kappa shape index (κ3) is 5.62. The lowest BCUT2D eigenvalue weighted by Crippen LogP contribution is -2.36. The molecule has 0 aliphatic heterocycles. The highest BCUT2D eigenvalue weighted by Crippen LogP contribution is 2.17. The van der Waals surface area contributed by atoms with Crippen molar-refractivity contribution in [3.8, 4) is 0 Å². The monoisotopic (exact) mass is 330 g/mol. The van der Waals surface area contributed by atoms with Gasteiger partial charge in [-0.3, -0.25) is 0 Å². The van der Waals surface area contributed by atoms with Crippen LogP contribution in [0.15, 0.2) is 29.2 Å². The zero-order chi connectivity index (χ0) is 15.9. The van der Waals surface area contributed by atoms with E-state index in [2.05, 4.69) is 23.9 Å². The molecule has 0 heterocycles. The molecule has 0 spiro atoms. The highest BCUT2D eigenvalue weighted by molar-refractivity contribution is 7.98. The Morgan fingerprint density at radius 2 is 1.81 bits per heavy atom. The molecule has 2 N–H and O–H groups in total. The summed E-state index contributed by atoms with van der Waals surface area (Å²) in [5.41, 5.74) is 1.09. The van der Waals surface area contributed by atoms with Gasteiger partial charge in [-0.2, -0.15) is 11.8 Å². The lowest BCUT2D eigenvalue weighted by Gasteiger charge is -2.17. The van der Waals surface area contributed by atoms with Crippen molar-refractivity contribution in [2.45, 2.75) is 44.2 Å². The molecule has 0 bridgehead atoms. The second kappa shape index (κ2) is 8.78. The third-order valence-electron chi connectivity index (χ3n) is 3.38. The minimum absolute atomic E-state index is 0.0228. The van der Waals surface area contributed by atoms with Crippen LogP contribution in [0.25, 0.3) is 0 Å². The quantitative estimate of drug-likeness (QED) is 0.731. The van der Waals surface area contributed by atoms with Gasteiger partial charge in [0.25, 0.3) is 0 Å². The molecule has 0 amide bonds. The molecular formula is C15H26N2O2S2. The first kappa shape index (κ1) is 18.5. The Kier molecular flexibility index (Phi) is 7.73. The number of hydrogen-bond donors (Lipinski definition) is 2. The van der Waals surface area contributed by atoms with E-state index in [-0.39, 0.29) is 12.1 Å². The maximum absolute atomic E-state index is 12.3. The Bertz CT molecular complexity index is 515. The summed E-state index contributed by atoms with van der Waals surface area (Å²) in [6, 6.07) is 7.30. The zero-order valence-electron chi connectivity index (χ0n) is 13.2. The van der Waals surface area contributed by atoms with Crippen LogP contribution in [0.1, 0.15) is 38.8 Å². The van der Waals surface area contributed by atoms with Crippen LogP contribution in [0, 0.1) is 0 Å². The van der Waals surface area contributed by atoms with E-state index in [0.29, 0.717) is 4.90 Å². The normalized spacial score (nSPS) is 14.9. The van der Waals surface area contributed by atoms with Gasteiger partial charge in [0.15, 0.2) is 0 Å². The molecule has 0 aromatic heterocycles. The van der Waals surface area contributed by atoms with E-state index in [1.165, 1.54) is 0 Å². The van der Waals surface area contributed by atoms with Crippen LogP contribution in [0.5, 0.6) is 0 Å². The fraction of sp³-hybridized carbons (Fsp3) is 0.600. The molecule has 4 nitrogen and oxygen atoms in total. The predicted molar refractivity (Wildman–Crippen MR) is 91.3 cm³/mol. The molecule has 21 heavy (non-hydrogen) atoms. The highest BCUT2D eigenvalue weighted by atomic mass is 32.2. The van der Waals surface area contributed by atoms with Crippen LogP contribution in [-0.4, -0.2) is 33.0 Å². The van der Waals surface area contributed by atoms with Crippen molar-refractivity contribution in [2.24, 2.45) is 0 Å². The molecule has 1 rings (SSSR count). The SMILES string of the molecule is CCNC(C)c1ccc(S(=O)(=O)NC(CC)CSC)cc1. The molecule has 0 aliphatic carbocycles. The Labute approximate surface area is 133 Å². The van der Waals surface area contributed by atoms with E-state index in [1.807, 2.05) is 25.3 Å². The van der Waals surface area contributed by atoms with Crippen molar-refractivity contribution in [3.63, 3.8) is 0 Å². The first-order chi connectivity index (χ1) is 9.94. The molecule has 2 atom stereocenters. The Morgan fingerprint density at radius 1 is 1.19 bits per heavy atom. The van der Waals surface area contributed by atoms with Crippen LogP contribution in [0.4, 0.5) is 0 Å². The van der Waals surface area contributed by atoms with Gasteiger partial charge in [0.05, 0.1) is 4.90 Å². The molecule has 0 aliphatic rings. The highest BCUT2D eigenvalue weighted by Gasteiger charge is 2.18. The van der Waals surface area contributed by atoms with E-state index < -0.39 is 10.0 Å². The summed E-state index contributed by atoms with van der Waals surface area (Å²) in [5.74, 6) is 0.783. The molecule has 0 radical (unpaired) electrons. The van der Waals surface area contributed by atoms with Crippen molar-refractivity contribution in [1.82, 2.24) is 10.0 Å². The minimum atomic E-state index is -3.43. The first-order valence-electron chi connectivity index (χ1n) is 7.29. The molecule has 6 heteroatoms. The van der Waals surface area contributed by atoms with E-state index in [0.717, 1.165) is 24.3 Å². The number of hydrogen-bond acceptors (Lipinski definition) is 4. The maximum atomic E-state index is 12.3. The van der Waals surface area contributed by atoms with Crippen LogP contribution < -0.4 is 10.0 Å². The maximum Gasteiger partial charge on any atom is 0.240 e. The number of thioether (sulfide) groups is 1. The Morgan fingerprint density at radius 3 is 2.29 bits per heavy atom. The number of rotatable bonds is 9. The summed E-state index contributed by atoms with van der Waals surface area (Å²) in [7, 11) is -3.43. The van der Waals surface area contributed by atoms with Crippen LogP contribution in [0.2, 0.25) is 0 Å². The van der Waals surface area contributed by atoms with Gasteiger partial charge in [-0.1, -0.05) is 26.0 Å². The van der Waals surface area contributed by atoms with E-state index >= 15 is 0 Å². The average Bonchev–Trinajstić information content (AvgIpc) is 2.47. The summed E-state index contributed by atoms with van der Waals surface area (Å²) in [6.07, 6.45) is 2.77. The van der Waals surface area contributed by atoms with Crippen molar-refractivity contribution >= 4 is 21.8 Å². The minimum Gasteiger partial charge on any atom is -0.310 e. The van der Waals surface area contributed by atoms with Crippen molar-refractivity contribution in [1.29, 1.82) is 0 Å². The number of sulfonamides is 1. The van der Waals surface area contributed by atoms with E-state index in [9.17, 15) is 8.42 Å². The molecule has 1 aromatic carbocycles. The molecule has 0 fully saturated rings. The fourth-order valence-corrected chi connectivity index (χ4v) is 4.23. The molecule has 0 saturated carbocycles. The van der Waals surface area contributed by atoms with Crippen LogP contribution in [0.3, 0.4) is 0 Å². The van der Waals surface area contributed by atoms with Gasteiger partial charge in [-0.15, -0.1) is 0 Å². The van der Waals surface area contributed by atoms with Gasteiger partial charge in [0.1, 0.15) is 0 Å². The van der Waals surface area contributed by atoms with Gasteiger partial charge in [-0.25, -0.2) is 13.1 Å². The van der Waals surface area contributed by atoms with Crippen molar-refractivity contribution in [2.75, 3.05) is 18.6 Å². The lowest BCUT2D eigenvalue weighted by molar-refractivity contribution is 0.558. The first-order valence-corrected chi connectivity index (χ1v) is 10.2. The molecule has 0 saturated heterocycles. The van der Waals surface area contributed by atoms with Gasteiger partial charge < -0.3 is 5.32 Å². The van der Waals surface area contributed by atoms with Gasteiger partial charge in [-0.05, 0) is 43.8 Å². The van der Waals surface area contributed by atoms with Crippen molar-refractivity contribution < 1.29 is 8.42 Å². The van der Waals surface area contributed by atoms with Gasteiger partial charge in [0.2, 0.25) is 10.0 Å². The molecule has 2 unspecified atom stereocenters. The molecule has 1 aromatic rings. The molecule has 120 valence electrons. The standard InChI is InChI=1S/C15H26N2O2S2/c1-5-14(11-20-4)17-21(18,19)15-9-7-13(8-10-15)12(3)16-6-2/h7-10,12,14,16-17H,5-6,11H2,1-4H3. The topological polar surface area (TPSA) is 58.2 Å². The van der Waals surface area contributed by atoms with Crippen LogP contribution in [-0.2, 0) is 10.0 Å². The van der Waals surface area contributed by atoms with Gasteiger partial charge in [0, 0.05) is 17.8 Å². The number of nitrogens with one attached hydrogen (secondary N) is 2. The number of benzene rings is 1. The molecular weight excluding hydrogens is 304 g/mol. The Hall–Kier alpha value is -0.560. The summed E-state index contributed by atoms with van der Waals surface area (Å²) in [5, 5.41) is 3.31.